The van der Waals surface area contributed by atoms with E-state index >= 15 is 0 Å². The van der Waals surface area contributed by atoms with Gasteiger partial charge in [0, 0.05) is 29.9 Å². The Morgan fingerprint density at radius 2 is 1.25 bits per heavy atom. The quantitative estimate of drug-likeness (QED) is 0.0593. The molecule has 59 heavy (non-hydrogen) atoms. The van der Waals surface area contributed by atoms with Gasteiger partial charge >= 0.3 is 6.18 Å². The Labute approximate surface area is 362 Å². The number of amides is 1. The molecule has 0 N–H and O–H groups in total. The third-order valence-corrected chi connectivity index (χ3v) is 11.6. The second kappa shape index (κ2) is 17.7. The molecule has 1 heterocycles. The van der Waals surface area contributed by atoms with Crippen LogP contribution in [0.4, 0.5) is 17.6 Å². The monoisotopic (exact) mass is 786 g/mol. The van der Waals surface area contributed by atoms with Crippen LogP contribution in [0.3, 0.4) is 0 Å². The molecule has 0 bridgehead atoms. The minimum absolute atomic E-state index is 0.0104. The number of hydrogen-bond donors (Lipinski definition) is 0. The molecule has 0 fully saturated rings. The fourth-order valence-electron chi connectivity index (χ4n) is 7.33. The molecule has 0 saturated heterocycles. The van der Waals surface area contributed by atoms with Gasteiger partial charge in [-0.3, -0.25) is 9.59 Å². The zero-order valence-corrected chi connectivity index (χ0v) is 33.2. The highest BCUT2D eigenvalue weighted by Gasteiger charge is 2.38. The number of hydrogen-bond acceptors (Lipinski definition) is 5. The van der Waals surface area contributed by atoms with Gasteiger partial charge in [-0.25, -0.2) is 4.39 Å². The van der Waals surface area contributed by atoms with E-state index in [1.807, 2.05) is 18.7 Å². The van der Waals surface area contributed by atoms with Crippen LogP contribution in [0.5, 0.6) is 0 Å². The van der Waals surface area contributed by atoms with Crippen LogP contribution in [0.1, 0.15) is 48.2 Å². The number of thioether (sulfide) groups is 1. The molecule has 1 amide bonds. The lowest BCUT2D eigenvalue weighted by molar-refractivity contribution is -0.136. The van der Waals surface area contributed by atoms with E-state index in [-0.39, 0.29) is 34.9 Å². The highest BCUT2D eigenvalue weighted by Crippen LogP contribution is 2.37. The van der Waals surface area contributed by atoms with Gasteiger partial charge in [-0.1, -0.05) is 87.0 Å². The van der Waals surface area contributed by atoms with Crippen molar-refractivity contribution >= 4 is 156 Å². The molecule has 272 valence electrons. The molecular weight excluding hydrogens is 758 g/mol. The van der Waals surface area contributed by atoms with Gasteiger partial charge in [0.2, 0.25) is 5.91 Å². The summed E-state index contributed by atoms with van der Waals surface area (Å²) in [7, 11) is 77.0. The third kappa shape index (κ3) is 8.94. The van der Waals surface area contributed by atoms with E-state index in [1.54, 1.807) is 0 Å². The van der Waals surface area contributed by atoms with Crippen molar-refractivity contribution in [2.24, 2.45) is 0 Å². The van der Waals surface area contributed by atoms with E-state index < -0.39 is 89.2 Å². The van der Waals surface area contributed by atoms with Crippen molar-refractivity contribution in [3.8, 4) is 11.1 Å². The average molecular weight is 784 g/mol. The number of carbonyl (C=O) groups excluding carboxylic acids is 1. The summed E-state index contributed by atoms with van der Waals surface area (Å²) in [5.41, 5.74) is -6.61. The molecule has 0 unspecified atom stereocenters. The van der Waals surface area contributed by atoms with E-state index in [2.05, 4.69) is 4.98 Å². The van der Waals surface area contributed by atoms with Crippen molar-refractivity contribution in [2.45, 2.75) is 60.9 Å². The number of halogens is 4. The Balaban J connectivity index is 1.66. The molecular formula is C36H26B12F4N4O2S. The number of rotatable bonds is 13. The maximum Gasteiger partial charge on any atom is 0.415 e. The van der Waals surface area contributed by atoms with E-state index in [1.165, 1.54) is 28.8 Å². The number of alkyl halides is 3. The summed E-state index contributed by atoms with van der Waals surface area (Å²) in [5, 5.41) is -2.40. The van der Waals surface area contributed by atoms with Gasteiger partial charge in [0.1, 0.15) is 75.1 Å². The Morgan fingerprint density at radius 3 is 1.73 bits per heavy atom. The normalized spacial score (nSPS) is 13.2. The van der Waals surface area contributed by atoms with Gasteiger partial charge in [0.05, 0.1) is 31.4 Å². The molecule has 1 aliphatic rings. The fraction of sp³-hybridized carbons (Fsp3) is 0.361. The molecule has 4 aromatic rings. The zero-order valence-electron chi connectivity index (χ0n) is 32.4. The third-order valence-electron chi connectivity index (χ3n) is 10.6. The van der Waals surface area contributed by atoms with Gasteiger partial charge in [0.15, 0.2) is 5.16 Å². The molecule has 0 aliphatic heterocycles. The van der Waals surface area contributed by atoms with Crippen molar-refractivity contribution in [3.63, 3.8) is 0 Å². The summed E-state index contributed by atoms with van der Waals surface area (Å²) in [5.74, 6) is -1.23. The van der Waals surface area contributed by atoms with Gasteiger partial charge in [-0.15, -0.1) is 0 Å². The number of likely N-dealkylation sites (N-methyl/N-ethyl adjacent to an activating group) is 1. The molecule has 3 aromatic carbocycles. The predicted octanol–water partition coefficient (Wildman–Crippen LogP) is -4.54. The lowest BCUT2D eigenvalue weighted by Gasteiger charge is -2.45. The Bertz CT molecular complexity index is 2300. The molecule has 0 atom stereocenters. The second-order valence-electron chi connectivity index (χ2n) is 14.2. The van der Waals surface area contributed by atoms with Gasteiger partial charge < -0.3 is 14.4 Å². The molecule has 1 aliphatic carbocycles. The highest BCUT2D eigenvalue weighted by atomic mass is 32.2. The first kappa shape index (κ1) is 46.9. The number of carbonyl (C=O) groups is 1. The summed E-state index contributed by atoms with van der Waals surface area (Å²) >= 11 is 0.779. The largest absolute Gasteiger partial charge is 0.415 e. The highest BCUT2D eigenvalue weighted by molar-refractivity contribution is 8.02. The Hall–Kier alpha value is -3.18. The van der Waals surface area contributed by atoms with E-state index in [0.29, 0.717) is 49.2 Å². The first-order valence-corrected chi connectivity index (χ1v) is 19.1. The topological polar surface area (TPSA) is 58.4 Å². The second-order valence-corrected chi connectivity index (χ2v) is 15.4. The van der Waals surface area contributed by atoms with Crippen molar-refractivity contribution in [2.75, 3.05) is 26.2 Å². The van der Waals surface area contributed by atoms with Gasteiger partial charge in [0.25, 0.3) is 5.56 Å². The minimum Gasteiger partial charge on any atom is -0.347 e. The minimum atomic E-state index is -5.03. The number of aromatic nitrogens is 2. The smallest absolute Gasteiger partial charge is 0.347 e. The number of benzene rings is 3. The van der Waals surface area contributed by atoms with Crippen LogP contribution in [0.25, 0.3) is 11.1 Å². The Morgan fingerprint density at radius 1 is 0.763 bits per heavy atom. The van der Waals surface area contributed by atoms with Crippen molar-refractivity contribution in [3.05, 3.63) is 68.4 Å². The Kier molecular flexibility index (Phi) is 14.0. The van der Waals surface area contributed by atoms with Crippen LogP contribution in [-0.2, 0) is 40.2 Å². The molecule has 23 heteroatoms. The van der Waals surface area contributed by atoms with Crippen LogP contribution in [-0.4, -0.2) is 146 Å². The molecule has 24 radical (unpaired) electrons. The zero-order chi connectivity index (χ0) is 44.1. The average Bonchev–Trinajstić information content (AvgIpc) is 3.65. The van der Waals surface area contributed by atoms with Crippen molar-refractivity contribution in [1.29, 1.82) is 0 Å². The lowest BCUT2D eigenvalue weighted by Crippen LogP contribution is -2.61. The predicted molar refractivity (Wildman–Crippen MR) is 239 cm³/mol. The van der Waals surface area contributed by atoms with Crippen LogP contribution in [0.2, 0.25) is 0 Å². The maximum absolute atomic E-state index is 14.8. The number of fused-ring (bicyclic) bond motifs is 1. The maximum atomic E-state index is 14.8. The fourth-order valence-corrected chi connectivity index (χ4v) is 8.30. The van der Waals surface area contributed by atoms with Crippen LogP contribution < -0.4 is 49.3 Å². The van der Waals surface area contributed by atoms with Crippen LogP contribution in [0.15, 0.2) is 34.2 Å². The van der Waals surface area contributed by atoms with E-state index in [0.717, 1.165) is 16.7 Å². The molecule has 5 rings (SSSR count). The van der Waals surface area contributed by atoms with E-state index in [9.17, 15) is 27.2 Å². The summed E-state index contributed by atoms with van der Waals surface area (Å²) in [6.45, 7) is 4.62. The molecule has 1 aromatic heterocycles. The first-order valence-electron chi connectivity index (χ1n) is 18.3. The standard InChI is InChI=1S/C36H26B12F4N4O2S/c1-3-54(4-2)12-13-56(19(57)14-55-18-7-5-6-17(18)32(58)53-33(55)59-35(47,48)15-8-10-16(49)11-9-15)34(45,46)22-28(41)24(37)20(25(38)29(22)42)21-26(39)30(43)23(36(50,51)52)31(44)27(21)40/h8-11H,3-7,12-14H2,1-2H3. The first-order chi connectivity index (χ1) is 27.4. The number of nitrogens with zero attached hydrogens (tertiary/aromatic N) is 4. The lowest BCUT2D eigenvalue weighted by atomic mass is 9.49. The SMILES string of the molecule is [B]c1c([B])c(C(F)(F)F)c([B])c([B])c1-c1c([B])c([B])c(C([B])([B])N(CCN(CC)CC)C(=O)Cn2c(SC([B])([B])c3ccc(F)cc3)nc(=O)c3c2CCC3)c([B])c1[B]. The van der Waals surface area contributed by atoms with Gasteiger partial charge in [-0.05, 0) is 71.1 Å². The molecule has 6 nitrogen and oxygen atoms in total. The summed E-state index contributed by atoms with van der Waals surface area (Å²) in [4.78, 5) is 35.4. The summed E-state index contributed by atoms with van der Waals surface area (Å²) < 4.78 is 55.3. The molecule has 0 spiro atoms. The summed E-state index contributed by atoms with van der Waals surface area (Å²) in [6, 6.07) is 5.12. The van der Waals surface area contributed by atoms with Crippen molar-refractivity contribution < 1.29 is 22.4 Å². The van der Waals surface area contributed by atoms with E-state index in [4.69, 9.17) is 94.2 Å². The van der Waals surface area contributed by atoms with Crippen LogP contribution >= 0.6 is 11.8 Å². The summed E-state index contributed by atoms with van der Waals surface area (Å²) in [6.07, 6.45) is -3.63. The van der Waals surface area contributed by atoms with Crippen molar-refractivity contribution in [1.82, 2.24) is 19.4 Å². The van der Waals surface area contributed by atoms with Gasteiger partial charge in [-0.2, -0.15) is 18.2 Å². The van der Waals surface area contributed by atoms with Crippen LogP contribution in [0, 0.1) is 5.82 Å². The molecule has 0 saturated carbocycles.